The van der Waals surface area contributed by atoms with Crippen molar-refractivity contribution >= 4 is 16.0 Å². The van der Waals surface area contributed by atoms with Gasteiger partial charge in [0.15, 0.2) is 0 Å². The molecule has 114 valence electrons. The molecule has 0 aliphatic carbocycles. The summed E-state index contributed by atoms with van der Waals surface area (Å²) in [7, 11) is -1.88. The number of nitrogens with zero attached hydrogens (tertiary/aromatic N) is 2. The van der Waals surface area contributed by atoms with Crippen LogP contribution in [0.3, 0.4) is 0 Å². The third-order valence-corrected chi connectivity index (χ3v) is 3.79. The van der Waals surface area contributed by atoms with E-state index in [-0.39, 0.29) is 4.90 Å². The number of anilines is 1. The van der Waals surface area contributed by atoms with Gasteiger partial charge in [-0.05, 0) is 12.3 Å². The second kappa shape index (κ2) is 8.13. The average Bonchev–Trinajstić information content (AvgIpc) is 2.42. The summed E-state index contributed by atoms with van der Waals surface area (Å²) in [5.41, 5.74) is 0. The lowest BCUT2D eigenvalue weighted by atomic mass is 10.2. The SMILES string of the molecule is CNc1ncc(S(=O)(=O)NCCCOCC(C)C)cn1. The minimum Gasteiger partial charge on any atom is -0.381 e. The molecule has 2 N–H and O–H groups in total. The van der Waals surface area contributed by atoms with Crippen molar-refractivity contribution in [3.63, 3.8) is 0 Å². The minimum absolute atomic E-state index is 0.0552. The Kier molecular flexibility index (Phi) is 6.83. The van der Waals surface area contributed by atoms with Crippen molar-refractivity contribution in [2.75, 3.05) is 32.1 Å². The van der Waals surface area contributed by atoms with Gasteiger partial charge < -0.3 is 10.1 Å². The molecule has 8 heteroatoms. The van der Waals surface area contributed by atoms with E-state index >= 15 is 0 Å². The molecule has 0 amide bonds. The third kappa shape index (κ3) is 5.81. The van der Waals surface area contributed by atoms with Crippen LogP contribution in [-0.4, -0.2) is 45.2 Å². The number of nitrogens with one attached hydrogen (secondary N) is 2. The molecule has 7 nitrogen and oxygen atoms in total. The Morgan fingerprint density at radius 1 is 1.30 bits per heavy atom. The van der Waals surface area contributed by atoms with Crippen LogP contribution in [-0.2, 0) is 14.8 Å². The van der Waals surface area contributed by atoms with Crippen molar-refractivity contribution in [3.05, 3.63) is 12.4 Å². The van der Waals surface area contributed by atoms with E-state index in [0.717, 1.165) is 0 Å². The molecule has 0 saturated carbocycles. The van der Waals surface area contributed by atoms with Crippen molar-refractivity contribution in [1.82, 2.24) is 14.7 Å². The molecular formula is C12H22N4O3S. The van der Waals surface area contributed by atoms with Crippen LogP contribution in [0.15, 0.2) is 17.3 Å². The normalized spacial score (nSPS) is 11.8. The number of ether oxygens (including phenoxy) is 1. The van der Waals surface area contributed by atoms with Crippen LogP contribution in [0.5, 0.6) is 0 Å². The molecule has 0 spiro atoms. The summed E-state index contributed by atoms with van der Waals surface area (Å²) < 4.78 is 31.7. The maximum absolute atomic E-state index is 11.9. The van der Waals surface area contributed by atoms with Crippen LogP contribution in [0.1, 0.15) is 20.3 Å². The highest BCUT2D eigenvalue weighted by Crippen LogP contribution is 2.06. The molecule has 0 aliphatic rings. The van der Waals surface area contributed by atoms with E-state index in [1.54, 1.807) is 7.05 Å². The van der Waals surface area contributed by atoms with Gasteiger partial charge in [-0.1, -0.05) is 13.8 Å². The Morgan fingerprint density at radius 3 is 2.50 bits per heavy atom. The second-order valence-electron chi connectivity index (χ2n) is 4.71. The molecule has 0 fully saturated rings. The van der Waals surface area contributed by atoms with Crippen LogP contribution in [0.4, 0.5) is 5.95 Å². The van der Waals surface area contributed by atoms with Crippen LogP contribution in [0.25, 0.3) is 0 Å². The summed E-state index contributed by atoms with van der Waals surface area (Å²) in [6.45, 7) is 5.69. The van der Waals surface area contributed by atoms with E-state index in [1.165, 1.54) is 12.4 Å². The van der Waals surface area contributed by atoms with Gasteiger partial charge in [-0.3, -0.25) is 0 Å². The van der Waals surface area contributed by atoms with Crippen molar-refractivity contribution in [2.45, 2.75) is 25.2 Å². The number of sulfonamides is 1. The monoisotopic (exact) mass is 302 g/mol. The molecule has 1 rings (SSSR count). The van der Waals surface area contributed by atoms with Crippen molar-refractivity contribution in [3.8, 4) is 0 Å². The van der Waals surface area contributed by atoms with E-state index in [2.05, 4.69) is 33.9 Å². The fourth-order valence-corrected chi connectivity index (χ4v) is 2.33. The highest BCUT2D eigenvalue weighted by Gasteiger charge is 2.14. The van der Waals surface area contributed by atoms with Crippen LogP contribution in [0.2, 0.25) is 0 Å². The minimum atomic E-state index is -3.55. The van der Waals surface area contributed by atoms with Gasteiger partial charge in [0.2, 0.25) is 16.0 Å². The zero-order chi connectivity index (χ0) is 15.0. The molecular weight excluding hydrogens is 280 g/mol. The molecule has 0 radical (unpaired) electrons. The largest absolute Gasteiger partial charge is 0.381 e. The van der Waals surface area contributed by atoms with Gasteiger partial charge in [0.1, 0.15) is 4.90 Å². The maximum Gasteiger partial charge on any atom is 0.243 e. The fourth-order valence-electron chi connectivity index (χ4n) is 1.37. The molecule has 0 aromatic carbocycles. The Bertz CT molecular complexity index is 488. The summed E-state index contributed by atoms with van der Waals surface area (Å²) in [4.78, 5) is 7.80. The molecule has 0 unspecified atom stereocenters. The number of hydrogen-bond donors (Lipinski definition) is 2. The Balaban J connectivity index is 2.37. The molecule has 0 atom stereocenters. The Hall–Kier alpha value is -1.25. The van der Waals surface area contributed by atoms with Gasteiger partial charge in [0.25, 0.3) is 0 Å². The molecule has 1 aromatic rings. The molecule has 0 bridgehead atoms. The highest BCUT2D eigenvalue weighted by atomic mass is 32.2. The zero-order valence-electron chi connectivity index (χ0n) is 12.1. The number of hydrogen-bond acceptors (Lipinski definition) is 6. The predicted octanol–water partition coefficient (Wildman–Crippen LogP) is 0.859. The van der Waals surface area contributed by atoms with E-state index in [0.29, 0.717) is 38.0 Å². The highest BCUT2D eigenvalue weighted by molar-refractivity contribution is 7.89. The zero-order valence-corrected chi connectivity index (χ0v) is 12.9. The van der Waals surface area contributed by atoms with Crippen LogP contribution >= 0.6 is 0 Å². The van der Waals surface area contributed by atoms with Crippen molar-refractivity contribution < 1.29 is 13.2 Å². The quantitative estimate of drug-likeness (QED) is 0.657. The molecule has 1 heterocycles. The summed E-state index contributed by atoms with van der Waals surface area (Å²) >= 11 is 0. The van der Waals surface area contributed by atoms with E-state index in [1.807, 2.05) is 0 Å². The Morgan fingerprint density at radius 2 is 1.95 bits per heavy atom. The van der Waals surface area contributed by atoms with E-state index in [4.69, 9.17) is 4.74 Å². The predicted molar refractivity (Wildman–Crippen MR) is 77.0 cm³/mol. The maximum atomic E-state index is 11.9. The Labute approximate surface area is 120 Å². The first-order valence-corrected chi connectivity index (χ1v) is 8.01. The molecule has 0 saturated heterocycles. The summed E-state index contributed by atoms with van der Waals surface area (Å²) in [6.07, 6.45) is 3.17. The third-order valence-electron chi connectivity index (χ3n) is 2.37. The number of rotatable bonds is 9. The van der Waals surface area contributed by atoms with Gasteiger partial charge in [-0.2, -0.15) is 0 Å². The van der Waals surface area contributed by atoms with E-state index < -0.39 is 10.0 Å². The summed E-state index contributed by atoms with van der Waals surface area (Å²) in [6, 6.07) is 0. The first-order chi connectivity index (χ1) is 9.45. The lowest BCUT2D eigenvalue weighted by Gasteiger charge is -2.08. The van der Waals surface area contributed by atoms with Gasteiger partial charge in [0, 0.05) is 26.8 Å². The van der Waals surface area contributed by atoms with Gasteiger partial charge >= 0.3 is 0 Å². The first-order valence-electron chi connectivity index (χ1n) is 6.53. The van der Waals surface area contributed by atoms with Gasteiger partial charge in [0.05, 0.1) is 12.4 Å². The summed E-state index contributed by atoms with van der Waals surface area (Å²) in [5.74, 6) is 0.862. The van der Waals surface area contributed by atoms with Crippen LogP contribution < -0.4 is 10.0 Å². The number of aromatic nitrogens is 2. The second-order valence-corrected chi connectivity index (χ2v) is 6.48. The van der Waals surface area contributed by atoms with Crippen molar-refractivity contribution in [1.29, 1.82) is 0 Å². The lowest BCUT2D eigenvalue weighted by Crippen LogP contribution is -2.26. The fraction of sp³-hybridized carbons (Fsp3) is 0.667. The standard InChI is InChI=1S/C12H22N4O3S/c1-10(2)9-19-6-4-5-16-20(17,18)11-7-14-12(13-3)15-8-11/h7-8,10,16H,4-6,9H2,1-3H3,(H,13,14,15). The van der Waals surface area contributed by atoms with E-state index in [9.17, 15) is 8.42 Å². The smallest absolute Gasteiger partial charge is 0.243 e. The van der Waals surface area contributed by atoms with Crippen LogP contribution in [0, 0.1) is 5.92 Å². The topological polar surface area (TPSA) is 93.2 Å². The molecule has 0 aliphatic heterocycles. The summed E-state index contributed by atoms with van der Waals surface area (Å²) in [5, 5.41) is 2.73. The van der Waals surface area contributed by atoms with Crippen molar-refractivity contribution in [2.24, 2.45) is 5.92 Å². The first kappa shape index (κ1) is 16.8. The molecule has 20 heavy (non-hydrogen) atoms. The lowest BCUT2D eigenvalue weighted by molar-refractivity contribution is 0.108. The van der Waals surface area contributed by atoms with Gasteiger partial charge in [-0.25, -0.2) is 23.1 Å². The average molecular weight is 302 g/mol. The van der Waals surface area contributed by atoms with Gasteiger partial charge in [-0.15, -0.1) is 0 Å². The molecule has 1 aromatic heterocycles.